The standard InChI is InChI=1S/C14H17N3O/c1-9-7-12(14(18)17-10(2)8-15)11-5-3-4-6-13(11)16-9/h3-7,10H,8,15H2,1-2H3,(H,17,18). The number of carbonyl (C=O) groups excluding carboxylic acids is 1. The average molecular weight is 243 g/mol. The molecular formula is C14H17N3O. The third kappa shape index (κ3) is 2.49. The van der Waals surface area contributed by atoms with E-state index in [1.165, 1.54) is 0 Å². The molecule has 4 heteroatoms. The van der Waals surface area contributed by atoms with Crippen molar-refractivity contribution in [2.24, 2.45) is 5.73 Å². The summed E-state index contributed by atoms with van der Waals surface area (Å²) in [5, 5.41) is 3.74. The van der Waals surface area contributed by atoms with Crippen LogP contribution in [0.1, 0.15) is 23.0 Å². The van der Waals surface area contributed by atoms with Gasteiger partial charge >= 0.3 is 0 Å². The highest BCUT2D eigenvalue weighted by Crippen LogP contribution is 2.18. The van der Waals surface area contributed by atoms with Gasteiger partial charge in [-0.3, -0.25) is 9.78 Å². The molecule has 3 N–H and O–H groups in total. The van der Waals surface area contributed by atoms with E-state index in [2.05, 4.69) is 10.3 Å². The van der Waals surface area contributed by atoms with E-state index in [0.29, 0.717) is 12.1 Å². The summed E-state index contributed by atoms with van der Waals surface area (Å²) in [7, 11) is 0. The van der Waals surface area contributed by atoms with Crippen molar-refractivity contribution >= 4 is 16.8 Å². The van der Waals surface area contributed by atoms with Crippen LogP contribution < -0.4 is 11.1 Å². The van der Waals surface area contributed by atoms with Crippen molar-refractivity contribution in [1.82, 2.24) is 10.3 Å². The van der Waals surface area contributed by atoms with E-state index < -0.39 is 0 Å². The van der Waals surface area contributed by atoms with E-state index >= 15 is 0 Å². The maximum absolute atomic E-state index is 12.2. The second-order valence-electron chi connectivity index (χ2n) is 4.44. The second kappa shape index (κ2) is 5.14. The van der Waals surface area contributed by atoms with E-state index in [-0.39, 0.29) is 11.9 Å². The van der Waals surface area contributed by atoms with Crippen LogP contribution in [-0.2, 0) is 0 Å². The topological polar surface area (TPSA) is 68.0 Å². The van der Waals surface area contributed by atoms with Gasteiger partial charge < -0.3 is 11.1 Å². The van der Waals surface area contributed by atoms with Gasteiger partial charge in [0.25, 0.3) is 5.91 Å². The van der Waals surface area contributed by atoms with Crippen molar-refractivity contribution in [1.29, 1.82) is 0 Å². The van der Waals surface area contributed by atoms with E-state index in [1.54, 1.807) is 6.07 Å². The molecule has 1 aromatic heterocycles. The maximum Gasteiger partial charge on any atom is 0.252 e. The number of rotatable bonds is 3. The van der Waals surface area contributed by atoms with Crippen LogP contribution >= 0.6 is 0 Å². The molecule has 4 nitrogen and oxygen atoms in total. The van der Waals surface area contributed by atoms with Gasteiger partial charge in [-0.1, -0.05) is 18.2 Å². The number of nitrogens with two attached hydrogens (primary N) is 1. The third-order valence-corrected chi connectivity index (χ3v) is 2.82. The largest absolute Gasteiger partial charge is 0.348 e. The molecular weight excluding hydrogens is 226 g/mol. The van der Waals surface area contributed by atoms with Crippen LogP contribution in [0.5, 0.6) is 0 Å². The number of pyridine rings is 1. The van der Waals surface area contributed by atoms with Crippen LogP contribution in [0.3, 0.4) is 0 Å². The van der Waals surface area contributed by atoms with Gasteiger partial charge in [-0.2, -0.15) is 0 Å². The zero-order chi connectivity index (χ0) is 13.1. The molecule has 0 aliphatic carbocycles. The zero-order valence-electron chi connectivity index (χ0n) is 10.6. The Morgan fingerprint density at radius 2 is 2.17 bits per heavy atom. The molecule has 0 radical (unpaired) electrons. The molecule has 1 atom stereocenters. The lowest BCUT2D eigenvalue weighted by Crippen LogP contribution is -2.37. The fraction of sp³-hybridized carbons (Fsp3) is 0.286. The highest BCUT2D eigenvalue weighted by atomic mass is 16.1. The SMILES string of the molecule is Cc1cc(C(=O)NC(C)CN)c2ccccc2n1. The van der Waals surface area contributed by atoms with Crippen molar-refractivity contribution in [2.45, 2.75) is 19.9 Å². The van der Waals surface area contributed by atoms with Crippen molar-refractivity contribution in [3.63, 3.8) is 0 Å². The lowest BCUT2D eigenvalue weighted by Gasteiger charge is -2.13. The smallest absolute Gasteiger partial charge is 0.252 e. The molecule has 0 saturated carbocycles. The van der Waals surface area contributed by atoms with E-state index in [4.69, 9.17) is 5.73 Å². The highest BCUT2D eigenvalue weighted by molar-refractivity contribution is 6.06. The van der Waals surface area contributed by atoms with E-state index in [9.17, 15) is 4.79 Å². The Balaban J connectivity index is 2.46. The number of nitrogens with one attached hydrogen (secondary N) is 1. The van der Waals surface area contributed by atoms with Crippen molar-refractivity contribution in [3.8, 4) is 0 Å². The fourth-order valence-corrected chi connectivity index (χ4v) is 1.86. The van der Waals surface area contributed by atoms with E-state index in [0.717, 1.165) is 16.6 Å². The van der Waals surface area contributed by atoms with Gasteiger partial charge in [0.05, 0.1) is 11.1 Å². The minimum Gasteiger partial charge on any atom is -0.348 e. The number of aryl methyl sites for hydroxylation is 1. The van der Waals surface area contributed by atoms with Crippen LogP contribution in [-0.4, -0.2) is 23.5 Å². The number of hydrogen-bond acceptors (Lipinski definition) is 3. The molecule has 0 saturated heterocycles. The Kier molecular flexibility index (Phi) is 3.58. The summed E-state index contributed by atoms with van der Waals surface area (Å²) in [5.74, 6) is -0.102. The quantitative estimate of drug-likeness (QED) is 0.860. The molecule has 0 spiro atoms. The number of fused-ring (bicyclic) bond motifs is 1. The van der Waals surface area contributed by atoms with Crippen LogP contribution in [0, 0.1) is 6.92 Å². The number of benzene rings is 1. The number of carbonyl (C=O) groups is 1. The van der Waals surface area contributed by atoms with E-state index in [1.807, 2.05) is 38.1 Å². The van der Waals surface area contributed by atoms with Crippen molar-refractivity contribution < 1.29 is 4.79 Å². The molecule has 18 heavy (non-hydrogen) atoms. The predicted octanol–water partition coefficient (Wildman–Crippen LogP) is 1.62. The number of hydrogen-bond donors (Lipinski definition) is 2. The molecule has 0 aliphatic rings. The molecule has 94 valence electrons. The number of para-hydroxylation sites is 1. The molecule has 2 aromatic rings. The Bertz CT molecular complexity index is 580. The van der Waals surface area contributed by atoms with Gasteiger partial charge in [0, 0.05) is 23.7 Å². The molecule has 0 aliphatic heterocycles. The number of amides is 1. The number of nitrogens with zero attached hydrogens (tertiary/aromatic N) is 1. The van der Waals surface area contributed by atoms with Crippen LogP contribution in [0.15, 0.2) is 30.3 Å². The van der Waals surface area contributed by atoms with Crippen molar-refractivity contribution in [3.05, 3.63) is 41.6 Å². The maximum atomic E-state index is 12.2. The minimum absolute atomic E-state index is 0.0373. The molecule has 0 fully saturated rings. The van der Waals surface area contributed by atoms with Crippen LogP contribution in [0.4, 0.5) is 0 Å². The Morgan fingerprint density at radius 1 is 1.44 bits per heavy atom. The molecule has 1 aromatic carbocycles. The van der Waals surface area contributed by atoms with Crippen LogP contribution in [0.25, 0.3) is 10.9 Å². The zero-order valence-corrected chi connectivity index (χ0v) is 10.6. The van der Waals surface area contributed by atoms with Gasteiger partial charge in [-0.15, -0.1) is 0 Å². The minimum atomic E-state index is -0.102. The Labute approximate surface area is 106 Å². The first-order chi connectivity index (χ1) is 8.61. The lowest BCUT2D eigenvalue weighted by atomic mass is 10.1. The average Bonchev–Trinajstić information content (AvgIpc) is 2.37. The summed E-state index contributed by atoms with van der Waals surface area (Å²) >= 11 is 0. The molecule has 1 unspecified atom stereocenters. The monoisotopic (exact) mass is 243 g/mol. The van der Waals surface area contributed by atoms with Gasteiger partial charge in [0.1, 0.15) is 0 Å². The Hall–Kier alpha value is -1.94. The summed E-state index contributed by atoms with van der Waals surface area (Å²) in [6, 6.07) is 9.40. The summed E-state index contributed by atoms with van der Waals surface area (Å²) < 4.78 is 0. The van der Waals surface area contributed by atoms with Gasteiger partial charge in [-0.05, 0) is 26.0 Å². The normalized spacial score (nSPS) is 12.4. The van der Waals surface area contributed by atoms with Gasteiger partial charge in [0.2, 0.25) is 0 Å². The first-order valence-corrected chi connectivity index (χ1v) is 5.99. The summed E-state index contributed by atoms with van der Waals surface area (Å²) in [6.45, 7) is 4.19. The Morgan fingerprint density at radius 3 is 2.89 bits per heavy atom. The molecule has 1 amide bonds. The summed E-state index contributed by atoms with van der Waals surface area (Å²) in [5.41, 5.74) is 7.83. The third-order valence-electron chi connectivity index (χ3n) is 2.82. The molecule has 1 heterocycles. The van der Waals surface area contributed by atoms with Crippen molar-refractivity contribution in [2.75, 3.05) is 6.54 Å². The lowest BCUT2D eigenvalue weighted by molar-refractivity contribution is 0.0943. The van der Waals surface area contributed by atoms with Gasteiger partial charge in [0.15, 0.2) is 0 Å². The van der Waals surface area contributed by atoms with Gasteiger partial charge in [-0.25, -0.2) is 0 Å². The first-order valence-electron chi connectivity index (χ1n) is 5.99. The highest BCUT2D eigenvalue weighted by Gasteiger charge is 2.13. The van der Waals surface area contributed by atoms with Crippen LogP contribution in [0.2, 0.25) is 0 Å². The summed E-state index contributed by atoms with van der Waals surface area (Å²) in [6.07, 6.45) is 0. The molecule has 2 rings (SSSR count). The number of aromatic nitrogens is 1. The summed E-state index contributed by atoms with van der Waals surface area (Å²) in [4.78, 5) is 16.6. The second-order valence-corrected chi connectivity index (χ2v) is 4.44. The predicted molar refractivity (Wildman–Crippen MR) is 72.5 cm³/mol. The fourth-order valence-electron chi connectivity index (χ4n) is 1.86. The first kappa shape index (κ1) is 12.5. The molecule has 0 bridgehead atoms.